The van der Waals surface area contributed by atoms with Crippen LogP contribution in [-0.4, -0.2) is 24.8 Å². The number of hydrogen-bond donors (Lipinski definition) is 1. The van der Waals surface area contributed by atoms with Crippen LogP contribution >= 0.6 is 23.5 Å². The summed E-state index contributed by atoms with van der Waals surface area (Å²) in [7, 11) is 2.04. The van der Waals surface area contributed by atoms with Gasteiger partial charge in [-0.3, -0.25) is 0 Å². The summed E-state index contributed by atoms with van der Waals surface area (Å²) in [6.45, 7) is 2.19. The lowest BCUT2D eigenvalue weighted by atomic mass is 10.1. The number of hydrogen-bond acceptors (Lipinski definition) is 3. The largest absolute Gasteiger partial charge is 0.313 e. The fourth-order valence-corrected chi connectivity index (χ4v) is 2.81. The second-order valence-electron chi connectivity index (χ2n) is 3.62. The molecule has 0 aliphatic rings. The Bertz CT molecular complexity index is 284. The van der Waals surface area contributed by atoms with Crippen LogP contribution in [0.5, 0.6) is 0 Å². The molecule has 1 rings (SSSR count). The third-order valence-corrected chi connectivity index (χ3v) is 4.09. The lowest BCUT2D eigenvalue weighted by molar-refractivity contribution is 0.581. The van der Waals surface area contributed by atoms with E-state index in [1.165, 1.54) is 22.6 Å². The van der Waals surface area contributed by atoms with E-state index >= 15 is 0 Å². The van der Waals surface area contributed by atoms with E-state index < -0.39 is 0 Å². The molecule has 3 heteroatoms. The summed E-state index contributed by atoms with van der Waals surface area (Å²) in [4.78, 5) is 1.37. The minimum atomic E-state index is 0.494. The van der Waals surface area contributed by atoms with Gasteiger partial charge in [0.15, 0.2) is 0 Å². The van der Waals surface area contributed by atoms with Gasteiger partial charge in [-0.2, -0.15) is 11.8 Å². The number of thioether (sulfide) groups is 2. The molecule has 90 valence electrons. The Morgan fingerprint density at radius 2 is 1.94 bits per heavy atom. The Kier molecular flexibility index (Phi) is 7.01. The van der Waals surface area contributed by atoms with Gasteiger partial charge in [-0.25, -0.2) is 0 Å². The van der Waals surface area contributed by atoms with E-state index in [-0.39, 0.29) is 0 Å². The Labute approximate surface area is 108 Å². The third-order valence-electron chi connectivity index (χ3n) is 2.55. The maximum absolute atomic E-state index is 3.38. The molecule has 0 saturated carbocycles. The van der Waals surface area contributed by atoms with Gasteiger partial charge >= 0.3 is 0 Å². The highest BCUT2D eigenvalue weighted by Crippen LogP contribution is 2.23. The fourth-order valence-electron chi connectivity index (χ4n) is 1.68. The predicted molar refractivity (Wildman–Crippen MR) is 77.6 cm³/mol. The van der Waals surface area contributed by atoms with E-state index in [1.54, 1.807) is 0 Å². The molecule has 0 saturated heterocycles. The molecule has 1 aromatic rings. The molecule has 1 N–H and O–H groups in total. The standard InChI is InChI=1S/C13H21NS2/c1-4-16-12-7-5-11(6-8-12)13(14-2)9-10-15-3/h5-8,13-14H,4,9-10H2,1-3H3. The molecule has 0 fully saturated rings. The molecule has 0 bridgehead atoms. The summed E-state index contributed by atoms with van der Waals surface area (Å²) in [5.41, 5.74) is 1.40. The first-order valence-electron chi connectivity index (χ1n) is 5.70. The highest BCUT2D eigenvalue weighted by molar-refractivity contribution is 7.99. The average molecular weight is 255 g/mol. The minimum Gasteiger partial charge on any atom is -0.313 e. The van der Waals surface area contributed by atoms with Crippen molar-refractivity contribution in [2.45, 2.75) is 24.3 Å². The second kappa shape index (κ2) is 8.04. The van der Waals surface area contributed by atoms with Crippen molar-refractivity contribution in [1.82, 2.24) is 5.32 Å². The molecule has 1 aromatic carbocycles. The minimum absolute atomic E-state index is 0.494. The van der Waals surface area contributed by atoms with Crippen molar-refractivity contribution in [3.05, 3.63) is 29.8 Å². The summed E-state index contributed by atoms with van der Waals surface area (Å²) >= 11 is 3.80. The summed E-state index contributed by atoms with van der Waals surface area (Å²) in [6.07, 6.45) is 3.35. The molecule has 0 radical (unpaired) electrons. The van der Waals surface area contributed by atoms with Gasteiger partial charge in [-0.1, -0.05) is 19.1 Å². The third kappa shape index (κ3) is 4.40. The summed E-state index contributed by atoms with van der Waals surface area (Å²) in [6, 6.07) is 9.45. The molecule has 0 heterocycles. The lowest BCUT2D eigenvalue weighted by Crippen LogP contribution is -2.16. The smallest absolute Gasteiger partial charge is 0.0325 e. The molecule has 0 aliphatic carbocycles. The number of rotatable bonds is 7. The molecule has 1 atom stereocenters. The highest BCUT2D eigenvalue weighted by atomic mass is 32.2. The van der Waals surface area contributed by atoms with Gasteiger partial charge in [0.05, 0.1) is 0 Å². The van der Waals surface area contributed by atoms with Crippen LogP contribution in [0.3, 0.4) is 0 Å². The van der Waals surface area contributed by atoms with Crippen molar-refractivity contribution in [2.75, 3.05) is 24.8 Å². The maximum Gasteiger partial charge on any atom is 0.0325 e. The zero-order valence-electron chi connectivity index (χ0n) is 10.3. The number of benzene rings is 1. The van der Waals surface area contributed by atoms with Crippen molar-refractivity contribution in [2.24, 2.45) is 0 Å². The van der Waals surface area contributed by atoms with Gasteiger partial charge in [0.2, 0.25) is 0 Å². The Morgan fingerprint density at radius 1 is 1.25 bits per heavy atom. The van der Waals surface area contributed by atoms with Gasteiger partial charge in [0, 0.05) is 10.9 Å². The zero-order chi connectivity index (χ0) is 11.8. The summed E-state index contributed by atoms with van der Waals surface area (Å²) in [5.74, 6) is 2.35. The van der Waals surface area contributed by atoms with E-state index in [2.05, 4.69) is 42.8 Å². The van der Waals surface area contributed by atoms with Gasteiger partial charge < -0.3 is 5.32 Å². The predicted octanol–water partition coefficient (Wildman–Crippen LogP) is 3.81. The number of nitrogens with one attached hydrogen (secondary N) is 1. The van der Waals surface area contributed by atoms with Crippen LogP contribution in [0.2, 0.25) is 0 Å². The monoisotopic (exact) mass is 255 g/mol. The average Bonchev–Trinajstić information content (AvgIpc) is 2.32. The van der Waals surface area contributed by atoms with Crippen molar-refractivity contribution >= 4 is 23.5 Å². The Balaban J connectivity index is 2.62. The van der Waals surface area contributed by atoms with Crippen LogP contribution in [0.25, 0.3) is 0 Å². The van der Waals surface area contributed by atoms with Crippen LogP contribution in [0.4, 0.5) is 0 Å². The maximum atomic E-state index is 3.38. The first-order valence-corrected chi connectivity index (χ1v) is 8.08. The first-order chi connectivity index (χ1) is 7.81. The highest BCUT2D eigenvalue weighted by Gasteiger charge is 2.07. The molecule has 0 aromatic heterocycles. The molecule has 1 unspecified atom stereocenters. The summed E-state index contributed by atoms with van der Waals surface area (Å²) in [5, 5.41) is 3.38. The normalized spacial score (nSPS) is 12.7. The second-order valence-corrected chi connectivity index (χ2v) is 5.95. The van der Waals surface area contributed by atoms with Crippen molar-refractivity contribution < 1.29 is 0 Å². The van der Waals surface area contributed by atoms with Crippen LogP contribution in [0, 0.1) is 0 Å². The van der Waals surface area contributed by atoms with Gasteiger partial charge in [-0.05, 0) is 48.9 Å². The Morgan fingerprint density at radius 3 is 2.44 bits per heavy atom. The van der Waals surface area contributed by atoms with E-state index in [1.807, 2.05) is 30.6 Å². The zero-order valence-corrected chi connectivity index (χ0v) is 12.0. The molecule has 0 aliphatic heterocycles. The topological polar surface area (TPSA) is 12.0 Å². The molecule has 1 nitrogen and oxygen atoms in total. The molecular formula is C13H21NS2. The van der Waals surface area contributed by atoms with Gasteiger partial charge in [0.1, 0.15) is 0 Å². The van der Waals surface area contributed by atoms with Crippen molar-refractivity contribution in [1.29, 1.82) is 0 Å². The molecular weight excluding hydrogens is 234 g/mol. The fraction of sp³-hybridized carbons (Fsp3) is 0.538. The van der Waals surface area contributed by atoms with E-state index in [0.717, 1.165) is 5.75 Å². The van der Waals surface area contributed by atoms with Crippen molar-refractivity contribution in [3.8, 4) is 0 Å². The molecule has 16 heavy (non-hydrogen) atoms. The van der Waals surface area contributed by atoms with E-state index in [9.17, 15) is 0 Å². The SMILES string of the molecule is CCSc1ccc(C(CCSC)NC)cc1. The van der Waals surface area contributed by atoms with E-state index in [4.69, 9.17) is 0 Å². The lowest BCUT2D eigenvalue weighted by Gasteiger charge is -2.16. The first kappa shape index (κ1) is 13.9. The van der Waals surface area contributed by atoms with E-state index in [0.29, 0.717) is 6.04 Å². The molecule has 0 spiro atoms. The van der Waals surface area contributed by atoms with Gasteiger partial charge in [-0.15, -0.1) is 11.8 Å². The molecule has 0 amide bonds. The van der Waals surface area contributed by atoms with Gasteiger partial charge in [0.25, 0.3) is 0 Å². The Hall–Kier alpha value is -0.120. The van der Waals surface area contributed by atoms with Crippen LogP contribution in [0.1, 0.15) is 24.9 Å². The quantitative estimate of drug-likeness (QED) is 0.744. The summed E-state index contributed by atoms with van der Waals surface area (Å²) < 4.78 is 0. The van der Waals surface area contributed by atoms with Crippen LogP contribution < -0.4 is 5.32 Å². The van der Waals surface area contributed by atoms with Crippen LogP contribution in [0.15, 0.2) is 29.2 Å². The van der Waals surface area contributed by atoms with Crippen LogP contribution in [-0.2, 0) is 0 Å². The van der Waals surface area contributed by atoms with Crippen molar-refractivity contribution in [3.63, 3.8) is 0 Å².